The van der Waals surface area contributed by atoms with Crippen LogP contribution in [0.1, 0.15) is 13.3 Å². The molecular formula is C11H18BrN3O3. The van der Waals surface area contributed by atoms with Crippen LogP contribution in [0.25, 0.3) is 0 Å². The molecule has 0 N–H and O–H groups in total. The third-order valence-electron chi connectivity index (χ3n) is 3.53. The van der Waals surface area contributed by atoms with Crippen molar-refractivity contribution in [2.75, 3.05) is 33.4 Å². The molecule has 6 nitrogen and oxygen atoms in total. The Hall–Kier alpha value is -0.820. The molecule has 0 aromatic rings. The molecule has 2 heterocycles. The molecule has 2 rings (SSSR count). The summed E-state index contributed by atoms with van der Waals surface area (Å²) in [5.74, 6) is 1.15. The SMILES string of the molecule is CC1CN(C)C(=C(Br)[N+](=O)[O-])N1CC1CCOC1. The Balaban J connectivity index is 2.18. The Labute approximate surface area is 115 Å². The van der Waals surface area contributed by atoms with Crippen LogP contribution in [0.3, 0.4) is 0 Å². The first kappa shape index (κ1) is 13.6. The lowest BCUT2D eigenvalue weighted by atomic mass is 10.1. The van der Waals surface area contributed by atoms with Gasteiger partial charge in [0.05, 0.1) is 11.5 Å². The molecule has 0 aromatic carbocycles. The summed E-state index contributed by atoms with van der Waals surface area (Å²) in [6.45, 7) is 5.30. The van der Waals surface area contributed by atoms with Gasteiger partial charge >= 0.3 is 4.61 Å². The molecule has 2 atom stereocenters. The summed E-state index contributed by atoms with van der Waals surface area (Å²) in [4.78, 5) is 14.6. The lowest BCUT2D eigenvalue weighted by Crippen LogP contribution is -2.33. The number of likely N-dealkylation sites (N-methyl/N-ethyl adjacent to an activating group) is 1. The zero-order valence-corrected chi connectivity index (χ0v) is 12.2. The number of hydrogen-bond donors (Lipinski definition) is 0. The van der Waals surface area contributed by atoms with Gasteiger partial charge in [-0.25, -0.2) is 0 Å². The monoisotopic (exact) mass is 319 g/mol. The third-order valence-corrected chi connectivity index (χ3v) is 4.17. The fraction of sp³-hybridized carbons (Fsp3) is 0.818. The van der Waals surface area contributed by atoms with E-state index in [4.69, 9.17) is 4.74 Å². The molecular weight excluding hydrogens is 302 g/mol. The summed E-state index contributed by atoms with van der Waals surface area (Å²) in [5, 5.41) is 10.9. The number of hydrogen-bond acceptors (Lipinski definition) is 5. The van der Waals surface area contributed by atoms with Gasteiger partial charge in [-0.3, -0.25) is 10.1 Å². The Kier molecular flexibility index (Phi) is 4.11. The van der Waals surface area contributed by atoms with Gasteiger partial charge in [0.2, 0.25) is 0 Å². The van der Waals surface area contributed by atoms with Crippen molar-refractivity contribution in [3.05, 3.63) is 20.5 Å². The van der Waals surface area contributed by atoms with E-state index in [1.165, 1.54) is 0 Å². The molecule has 0 aliphatic carbocycles. The fourth-order valence-corrected chi connectivity index (χ4v) is 3.17. The van der Waals surface area contributed by atoms with Gasteiger partial charge in [0, 0.05) is 54.6 Å². The topological polar surface area (TPSA) is 58.8 Å². The molecule has 0 saturated carbocycles. The number of halogens is 1. The van der Waals surface area contributed by atoms with E-state index in [2.05, 4.69) is 27.8 Å². The molecule has 102 valence electrons. The van der Waals surface area contributed by atoms with Crippen LogP contribution in [0, 0.1) is 16.0 Å². The van der Waals surface area contributed by atoms with Crippen molar-refractivity contribution in [2.45, 2.75) is 19.4 Å². The zero-order chi connectivity index (χ0) is 13.3. The Morgan fingerprint density at radius 3 is 2.94 bits per heavy atom. The van der Waals surface area contributed by atoms with E-state index in [0.717, 1.165) is 32.7 Å². The highest BCUT2D eigenvalue weighted by molar-refractivity contribution is 9.11. The Morgan fingerprint density at radius 1 is 1.67 bits per heavy atom. The quantitative estimate of drug-likeness (QED) is 0.448. The highest BCUT2D eigenvalue weighted by atomic mass is 79.9. The van der Waals surface area contributed by atoms with Crippen molar-refractivity contribution in [1.82, 2.24) is 9.80 Å². The van der Waals surface area contributed by atoms with Crippen LogP contribution in [0.15, 0.2) is 10.4 Å². The number of nitrogens with zero attached hydrogens (tertiary/aromatic N) is 3. The second-order valence-electron chi connectivity index (χ2n) is 4.98. The maximum absolute atomic E-state index is 10.9. The van der Waals surface area contributed by atoms with Crippen LogP contribution in [0.4, 0.5) is 0 Å². The second-order valence-corrected chi connectivity index (χ2v) is 5.73. The second kappa shape index (κ2) is 5.44. The third kappa shape index (κ3) is 2.61. The van der Waals surface area contributed by atoms with Gasteiger partial charge in [0.15, 0.2) is 5.82 Å². The minimum absolute atomic E-state index is 0.0493. The van der Waals surface area contributed by atoms with Crippen LogP contribution in [0.2, 0.25) is 0 Å². The van der Waals surface area contributed by atoms with Crippen molar-refractivity contribution < 1.29 is 9.66 Å². The van der Waals surface area contributed by atoms with Crippen molar-refractivity contribution in [2.24, 2.45) is 5.92 Å². The van der Waals surface area contributed by atoms with E-state index < -0.39 is 0 Å². The van der Waals surface area contributed by atoms with E-state index in [9.17, 15) is 10.1 Å². The number of rotatable bonds is 3. The summed E-state index contributed by atoms with van der Waals surface area (Å²) >= 11 is 3.09. The first-order valence-electron chi connectivity index (χ1n) is 6.10. The molecule has 2 aliphatic rings. The van der Waals surface area contributed by atoms with Crippen molar-refractivity contribution in [3.8, 4) is 0 Å². The summed E-state index contributed by atoms with van der Waals surface area (Å²) in [7, 11) is 1.89. The molecule has 2 saturated heterocycles. The van der Waals surface area contributed by atoms with E-state index >= 15 is 0 Å². The predicted octanol–water partition coefficient (Wildman–Crippen LogP) is 1.46. The minimum Gasteiger partial charge on any atom is -0.381 e. The van der Waals surface area contributed by atoms with Gasteiger partial charge < -0.3 is 14.5 Å². The van der Waals surface area contributed by atoms with Gasteiger partial charge in [-0.1, -0.05) is 0 Å². The maximum Gasteiger partial charge on any atom is 0.350 e. The van der Waals surface area contributed by atoms with Gasteiger partial charge in [-0.05, 0) is 13.3 Å². The van der Waals surface area contributed by atoms with Crippen molar-refractivity contribution in [1.29, 1.82) is 0 Å². The van der Waals surface area contributed by atoms with Crippen LogP contribution in [-0.2, 0) is 4.74 Å². The van der Waals surface area contributed by atoms with E-state index in [-0.39, 0.29) is 15.6 Å². The van der Waals surface area contributed by atoms with Gasteiger partial charge in [0.1, 0.15) is 0 Å². The normalized spacial score (nSPS) is 31.1. The molecule has 0 aromatic heterocycles. The average molecular weight is 320 g/mol. The largest absolute Gasteiger partial charge is 0.381 e. The highest BCUT2D eigenvalue weighted by Crippen LogP contribution is 2.30. The maximum atomic E-state index is 10.9. The molecule has 0 radical (unpaired) electrons. The lowest BCUT2D eigenvalue weighted by molar-refractivity contribution is -0.411. The Bertz CT molecular complexity index is 369. The summed E-state index contributed by atoms with van der Waals surface area (Å²) in [5.41, 5.74) is 0. The van der Waals surface area contributed by atoms with E-state index in [0.29, 0.717) is 11.7 Å². The number of ether oxygens (including phenoxy) is 1. The van der Waals surface area contributed by atoms with Gasteiger partial charge in [-0.2, -0.15) is 0 Å². The standard InChI is InChI=1S/C11H18BrN3O3/c1-8-5-13(2)11(10(12)15(16)17)14(8)6-9-3-4-18-7-9/h8-9H,3-7H2,1-2H3. The predicted molar refractivity (Wildman–Crippen MR) is 70.7 cm³/mol. The zero-order valence-electron chi connectivity index (χ0n) is 10.6. The highest BCUT2D eigenvalue weighted by Gasteiger charge is 2.36. The van der Waals surface area contributed by atoms with Crippen LogP contribution >= 0.6 is 15.9 Å². The molecule has 18 heavy (non-hydrogen) atoms. The van der Waals surface area contributed by atoms with Crippen LogP contribution in [-0.4, -0.2) is 54.1 Å². The van der Waals surface area contributed by atoms with E-state index in [1.54, 1.807) is 0 Å². The van der Waals surface area contributed by atoms with Crippen LogP contribution < -0.4 is 0 Å². The summed E-state index contributed by atoms with van der Waals surface area (Å²) in [6.07, 6.45) is 1.04. The summed E-state index contributed by atoms with van der Waals surface area (Å²) < 4.78 is 5.42. The van der Waals surface area contributed by atoms with Gasteiger partial charge in [-0.15, -0.1) is 0 Å². The van der Waals surface area contributed by atoms with Crippen molar-refractivity contribution in [3.63, 3.8) is 0 Å². The Morgan fingerprint density at radius 2 is 2.39 bits per heavy atom. The molecule has 7 heteroatoms. The number of nitro groups is 1. The molecule has 0 spiro atoms. The average Bonchev–Trinajstić information content (AvgIpc) is 2.88. The summed E-state index contributed by atoms with van der Waals surface area (Å²) in [6, 6.07) is 0.290. The molecule has 2 unspecified atom stereocenters. The lowest BCUT2D eigenvalue weighted by Gasteiger charge is -2.26. The van der Waals surface area contributed by atoms with Crippen LogP contribution in [0.5, 0.6) is 0 Å². The smallest absolute Gasteiger partial charge is 0.350 e. The van der Waals surface area contributed by atoms with Crippen molar-refractivity contribution >= 4 is 15.9 Å². The fourth-order valence-electron chi connectivity index (χ4n) is 2.64. The minimum atomic E-state index is -0.373. The molecule has 0 bridgehead atoms. The molecule has 2 fully saturated rings. The first-order chi connectivity index (χ1) is 8.50. The molecule has 2 aliphatic heterocycles. The molecule has 0 amide bonds. The van der Waals surface area contributed by atoms with Gasteiger partial charge in [0.25, 0.3) is 0 Å². The van der Waals surface area contributed by atoms with E-state index in [1.807, 2.05) is 11.9 Å². The first-order valence-corrected chi connectivity index (χ1v) is 6.89.